The van der Waals surface area contributed by atoms with Crippen molar-refractivity contribution in [1.82, 2.24) is 10.2 Å². The highest BCUT2D eigenvalue weighted by Gasteiger charge is 2.13. The van der Waals surface area contributed by atoms with E-state index in [-0.39, 0.29) is 6.10 Å². The first-order chi connectivity index (χ1) is 10.7. The molecule has 0 aliphatic rings. The highest BCUT2D eigenvalue weighted by Crippen LogP contribution is 2.32. The number of para-hydroxylation sites is 1. The van der Waals surface area contributed by atoms with Crippen molar-refractivity contribution in [1.29, 1.82) is 0 Å². The van der Waals surface area contributed by atoms with Crippen LogP contribution < -0.4 is 14.8 Å². The molecule has 4 nitrogen and oxygen atoms in total. The molecule has 1 unspecified atom stereocenters. The molecule has 0 radical (unpaired) electrons. The summed E-state index contributed by atoms with van der Waals surface area (Å²) in [6.45, 7) is 13.6. The zero-order valence-electron chi connectivity index (χ0n) is 14.8. The van der Waals surface area contributed by atoms with E-state index in [4.69, 9.17) is 9.47 Å². The highest BCUT2D eigenvalue weighted by molar-refractivity contribution is 5.46. The van der Waals surface area contributed by atoms with Gasteiger partial charge in [-0.25, -0.2) is 0 Å². The molecule has 1 atom stereocenters. The van der Waals surface area contributed by atoms with Crippen molar-refractivity contribution in [3.63, 3.8) is 0 Å². The molecule has 0 saturated heterocycles. The average molecular weight is 308 g/mol. The number of hydrogen-bond acceptors (Lipinski definition) is 4. The lowest BCUT2D eigenvalue weighted by Crippen LogP contribution is -2.31. The largest absolute Gasteiger partial charge is 0.493 e. The van der Waals surface area contributed by atoms with Crippen LogP contribution in [0.15, 0.2) is 18.2 Å². The summed E-state index contributed by atoms with van der Waals surface area (Å²) >= 11 is 0. The van der Waals surface area contributed by atoms with Crippen molar-refractivity contribution >= 4 is 0 Å². The molecule has 0 aromatic heterocycles. The number of likely N-dealkylation sites (N-methyl/N-ethyl adjacent to an activating group) is 1. The van der Waals surface area contributed by atoms with Crippen LogP contribution in [0.4, 0.5) is 0 Å². The van der Waals surface area contributed by atoms with Gasteiger partial charge in [-0.1, -0.05) is 32.9 Å². The minimum atomic E-state index is 0.186. The monoisotopic (exact) mass is 308 g/mol. The Bertz CT molecular complexity index is 420. The number of ether oxygens (including phenoxy) is 2. The summed E-state index contributed by atoms with van der Waals surface area (Å²) in [6, 6.07) is 6.07. The molecule has 0 bridgehead atoms. The molecule has 0 aliphatic heterocycles. The fraction of sp³-hybridized carbons (Fsp3) is 0.667. The fourth-order valence-corrected chi connectivity index (χ4v) is 2.28. The Morgan fingerprint density at radius 3 is 2.50 bits per heavy atom. The van der Waals surface area contributed by atoms with Crippen molar-refractivity contribution in [2.75, 3.05) is 33.3 Å². The fourth-order valence-electron chi connectivity index (χ4n) is 2.28. The minimum Gasteiger partial charge on any atom is -0.493 e. The number of methoxy groups -OCH3 is 1. The predicted octanol–water partition coefficient (Wildman–Crippen LogP) is 3.30. The molecular weight excluding hydrogens is 276 g/mol. The zero-order chi connectivity index (χ0) is 16.4. The Kier molecular flexibility index (Phi) is 8.94. The van der Waals surface area contributed by atoms with Gasteiger partial charge in [-0.2, -0.15) is 0 Å². The molecule has 1 aromatic rings. The van der Waals surface area contributed by atoms with Gasteiger partial charge in [-0.3, -0.25) is 0 Å². The van der Waals surface area contributed by atoms with Gasteiger partial charge in [0.1, 0.15) is 0 Å². The Labute approximate surface area is 135 Å². The standard InChI is InChI=1S/C18H32N2O2/c1-6-15(4)22-18-16(10-9-11-17(18)21-5)14-19-12-13-20(7-2)8-3/h9-11,15,19H,6-8,12-14H2,1-5H3. The van der Waals surface area contributed by atoms with Gasteiger partial charge >= 0.3 is 0 Å². The summed E-state index contributed by atoms with van der Waals surface area (Å²) in [5.41, 5.74) is 1.15. The van der Waals surface area contributed by atoms with Crippen LogP contribution >= 0.6 is 0 Å². The molecule has 1 rings (SSSR count). The van der Waals surface area contributed by atoms with E-state index < -0.39 is 0 Å². The lowest BCUT2D eigenvalue weighted by Gasteiger charge is -2.20. The second-order valence-corrected chi connectivity index (χ2v) is 5.49. The molecule has 22 heavy (non-hydrogen) atoms. The third kappa shape index (κ3) is 5.85. The van der Waals surface area contributed by atoms with E-state index in [0.717, 1.165) is 56.2 Å². The SMILES string of the molecule is CCC(C)Oc1c(CNCCN(CC)CC)cccc1OC. The van der Waals surface area contributed by atoms with Crippen LogP contribution in [0.3, 0.4) is 0 Å². The summed E-state index contributed by atoms with van der Waals surface area (Å²) in [5, 5.41) is 3.51. The normalized spacial score (nSPS) is 12.5. The van der Waals surface area contributed by atoms with E-state index in [0.29, 0.717) is 0 Å². The van der Waals surface area contributed by atoms with Crippen LogP contribution in [-0.2, 0) is 6.54 Å². The Hall–Kier alpha value is -1.26. The second-order valence-electron chi connectivity index (χ2n) is 5.49. The molecule has 0 fully saturated rings. The van der Waals surface area contributed by atoms with Gasteiger partial charge in [0, 0.05) is 25.2 Å². The van der Waals surface area contributed by atoms with E-state index in [1.165, 1.54) is 0 Å². The van der Waals surface area contributed by atoms with Crippen LogP contribution in [-0.4, -0.2) is 44.3 Å². The maximum Gasteiger partial charge on any atom is 0.166 e. The van der Waals surface area contributed by atoms with Crippen LogP contribution in [0.5, 0.6) is 11.5 Å². The number of rotatable bonds is 11. The first kappa shape index (κ1) is 18.8. The van der Waals surface area contributed by atoms with Crippen LogP contribution in [0, 0.1) is 0 Å². The van der Waals surface area contributed by atoms with E-state index in [9.17, 15) is 0 Å². The number of benzene rings is 1. The van der Waals surface area contributed by atoms with Gasteiger partial charge in [0.25, 0.3) is 0 Å². The smallest absolute Gasteiger partial charge is 0.166 e. The molecule has 126 valence electrons. The first-order valence-corrected chi connectivity index (χ1v) is 8.41. The molecule has 0 heterocycles. The van der Waals surface area contributed by atoms with E-state index in [1.807, 2.05) is 12.1 Å². The molecule has 0 spiro atoms. The third-order valence-corrected chi connectivity index (χ3v) is 3.99. The molecule has 0 amide bonds. The van der Waals surface area contributed by atoms with Crippen molar-refractivity contribution < 1.29 is 9.47 Å². The maximum absolute atomic E-state index is 6.06. The minimum absolute atomic E-state index is 0.186. The summed E-state index contributed by atoms with van der Waals surface area (Å²) in [5.74, 6) is 1.68. The van der Waals surface area contributed by atoms with Crippen molar-refractivity contribution in [2.24, 2.45) is 0 Å². The van der Waals surface area contributed by atoms with Gasteiger partial charge in [-0.15, -0.1) is 0 Å². The van der Waals surface area contributed by atoms with Crippen molar-refractivity contribution in [3.8, 4) is 11.5 Å². The topological polar surface area (TPSA) is 33.7 Å². The third-order valence-electron chi connectivity index (χ3n) is 3.99. The number of nitrogens with zero attached hydrogens (tertiary/aromatic N) is 1. The van der Waals surface area contributed by atoms with Crippen LogP contribution in [0.25, 0.3) is 0 Å². The molecule has 0 saturated carbocycles. The van der Waals surface area contributed by atoms with Crippen molar-refractivity contribution in [2.45, 2.75) is 46.8 Å². The zero-order valence-corrected chi connectivity index (χ0v) is 14.8. The summed E-state index contributed by atoms with van der Waals surface area (Å²) in [4.78, 5) is 2.41. The van der Waals surface area contributed by atoms with Crippen LogP contribution in [0.2, 0.25) is 0 Å². The number of nitrogens with one attached hydrogen (secondary N) is 1. The quantitative estimate of drug-likeness (QED) is 0.636. The van der Waals surface area contributed by atoms with Gasteiger partial charge in [0.15, 0.2) is 11.5 Å². The number of hydrogen-bond donors (Lipinski definition) is 1. The maximum atomic E-state index is 6.06. The van der Waals surface area contributed by atoms with E-state index >= 15 is 0 Å². The van der Waals surface area contributed by atoms with Crippen molar-refractivity contribution in [3.05, 3.63) is 23.8 Å². The van der Waals surface area contributed by atoms with E-state index in [2.05, 4.69) is 44.0 Å². The molecule has 1 aromatic carbocycles. The molecular formula is C18H32N2O2. The Morgan fingerprint density at radius 1 is 1.18 bits per heavy atom. The second kappa shape index (κ2) is 10.5. The lowest BCUT2D eigenvalue weighted by atomic mass is 10.1. The average Bonchev–Trinajstić information content (AvgIpc) is 2.55. The Balaban J connectivity index is 2.65. The molecule has 0 aliphatic carbocycles. The lowest BCUT2D eigenvalue weighted by molar-refractivity contribution is 0.205. The van der Waals surface area contributed by atoms with Gasteiger partial charge in [0.05, 0.1) is 13.2 Å². The summed E-state index contributed by atoms with van der Waals surface area (Å²) in [6.07, 6.45) is 1.16. The highest BCUT2D eigenvalue weighted by atomic mass is 16.5. The van der Waals surface area contributed by atoms with Crippen LogP contribution in [0.1, 0.15) is 39.7 Å². The van der Waals surface area contributed by atoms with E-state index in [1.54, 1.807) is 7.11 Å². The van der Waals surface area contributed by atoms with Gasteiger partial charge in [-0.05, 0) is 32.5 Å². The Morgan fingerprint density at radius 2 is 1.91 bits per heavy atom. The van der Waals surface area contributed by atoms with Gasteiger partial charge in [0.2, 0.25) is 0 Å². The predicted molar refractivity (Wildman–Crippen MR) is 92.9 cm³/mol. The van der Waals surface area contributed by atoms with Gasteiger partial charge < -0.3 is 19.7 Å². The first-order valence-electron chi connectivity index (χ1n) is 8.41. The molecule has 4 heteroatoms. The summed E-state index contributed by atoms with van der Waals surface area (Å²) < 4.78 is 11.5. The summed E-state index contributed by atoms with van der Waals surface area (Å²) in [7, 11) is 1.69. The molecule has 1 N–H and O–H groups in total.